The van der Waals surface area contributed by atoms with Crippen molar-refractivity contribution in [3.63, 3.8) is 0 Å². The molecular weight excluding hydrogens is 558 g/mol. The van der Waals surface area contributed by atoms with Gasteiger partial charge < -0.3 is 23.8 Å². The Bertz CT molecular complexity index is 1960. The van der Waals surface area contributed by atoms with Gasteiger partial charge in [0.15, 0.2) is 17.1 Å². The van der Waals surface area contributed by atoms with Gasteiger partial charge in [-0.2, -0.15) is 0 Å². The number of ether oxygens (including phenoxy) is 4. The Balaban J connectivity index is 1.35. The molecule has 0 radical (unpaired) electrons. The van der Waals surface area contributed by atoms with Gasteiger partial charge in [-0.1, -0.05) is 86.7 Å². The minimum absolute atomic E-state index is 0.293. The third kappa shape index (κ3) is 4.10. The number of hydrogen-bond donors (Lipinski definition) is 0. The maximum atomic E-state index is 7.43. The van der Waals surface area contributed by atoms with Gasteiger partial charge in [0.1, 0.15) is 5.75 Å². The summed E-state index contributed by atoms with van der Waals surface area (Å²) in [6.07, 6.45) is 4.55. The summed E-state index contributed by atoms with van der Waals surface area (Å²) < 4.78 is 24.5. The van der Waals surface area contributed by atoms with Crippen molar-refractivity contribution in [1.82, 2.24) is 0 Å². The Morgan fingerprint density at radius 3 is 2.09 bits per heavy atom. The Hall–Kier alpha value is -4.74. The quantitative estimate of drug-likeness (QED) is 0.204. The summed E-state index contributed by atoms with van der Waals surface area (Å²) in [5, 5.41) is 2.27. The summed E-state index contributed by atoms with van der Waals surface area (Å²) in [6.45, 7) is 7.93. The molecule has 0 bridgehead atoms. The van der Waals surface area contributed by atoms with E-state index in [4.69, 9.17) is 18.9 Å². The van der Waals surface area contributed by atoms with Crippen molar-refractivity contribution >= 4 is 22.5 Å². The van der Waals surface area contributed by atoms with Crippen LogP contribution >= 0.6 is 0 Å². The molecule has 5 nitrogen and oxygen atoms in total. The molecule has 2 aliphatic heterocycles. The molecule has 0 aromatic heterocycles. The molecule has 0 amide bonds. The van der Waals surface area contributed by atoms with E-state index in [2.05, 4.69) is 122 Å². The predicted octanol–water partition coefficient (Wildman–Crippen LogP) is 8.35. The fourth-order valence-electron chi connectivity index (χ4n) is 7.66. The van der Waals surface area contributed by atoms with E-state index in [0.717, 1.165) is 65.6 Å². The van der Waals surface area contributed by atoms with Crippen molar-refractivity contribution in [3.8, 4) is 28.4 Å². The number of nitrogens with zero attached hydrogens (tertiary/aromatic N) is 1. The van der Waals surface area contributed by atoms with Crippen molar-refractivity contribution in [2.24, 2.45) is 0 Å². The van der Waals surface area contributed by atoms with Crippen LogP contribution in [0.1, 0.15) is 41.7 Å². The van der Waals surface area contributed by atoms with Gasteiger partial charge in [-0.15, -0.1) is 0 Å². The Labute approximate surface area is 264 Å². The second-order valence-corrected chi connectivity index (χ2v) is 12.6. The van der Waals surface area contributed by atoms with Crippen LogP contribution in [0.3, 0.4) is 0 Å². The van der Waals surface area contributed by atoms with Gasteiger partial charge in [-0.25, -0.2) is 0 Å². The van der Waals surface area contributed by atoms with E-state index in [1.54, 1.807) is 14.2 Å². The van der Waals surface area contributed by atoms with Crippen LogP contribution in [0.2, 0.25) is 0 Å². The molecule has 2 heterocycles. The summed E-state index contributed by atoms with van der Waals surface area (Å²) in [7, 11) is 3.40. The van der Waals surface area contributed by atoms with Gasteiger partial charge in [0, 0.05) is 46.3 Å². The Morgan fingerprint density at radius 1 is 0.733 bits per heavy atom. The van der Waals surface area contributed by atoms with E-state index in [1.165, 1.54) is 33.3 Å². The average molecular weight is 596 g/mol. The van der Waals surface area contributed by atoms with Crippen LogP contribution in [0.5, 0.6) is 17.2 Å². The minimum atomic E-state index is -0.795. The molecular formula is C40H37NO4. The molecule has 8 rings (SSSR count). The monoisotopic (exact) mass is 595 g/mol. The highest BCUT2D eigenvalue weighted by Crippen LogP contribution is 2.59. The van der Waals surface area contributed by atoms with E-state index in [0.29, 0.717) is 0 Å². The lowest BCUT2D eigenvalue weighted by molar-refractivity contribution is 0.122. The Morgan fingerprint density at radius 2 is 1.38 bits per heavy atom. The maximum Gasteiger partial charge on any atom is 0.178 e. The number of morpholine rings is 1. The van der Waals surface area contributed by atoms with Crippen molar-refractivity contribution in [3.05, 3.63) is 125 Å². The topological polar surface area (TPSA) is 40.2 Å². The first-order chi connectivity index (χ1) is 22.0. The van der Waals surface area contributed by atoms with E-state index in [1.807, 2.05) is 0 Å². The fraction of sp³-hybridized carbons (Fsp3) is 0.250. The zero-order valence-electron chi connectivity index (χ0n) is 26.2. The molecule has 226 valence electrons. The zero-order valence-corrected chi connectivity index (χ0v) is 26.2. The van der Waals surface area contributed by atoms with Crippen LogP contribution in [0.15, 0.2) is 97.1 Å². The van der Waals surface area contributed by atoms with Gasteiger partial charge in [0.05, 0.1) is 27.4 Å². The van der Waals surface area contributed by atoms with Crippen LogP contribution < -0.4 is 19.1 Å². The molecule has 1 unspecified atom stereocenters. The van der Waals surface area contributed by atoms with E-state index in [-0.39, 0.29) is 5.41 Å². The first-order valence-electron chi connectivity index (χ1n) is 15.7. The smallest absolute Gasteiger partial charge is 0.178 e. The molecule has 5 aromatic carbocycles. The molecule has 0 saturated carbocycles. The van der Waals surface area contributed by atoms with E-state index < -0.39 is 5.60 Å². The van der Waals surface area contributed by atoms with Gasteiger partial charge >= 0.3 is 0 Å². The summed E-state index contributed by atoms with van der Waals surface area (Å²) in [5.41, 5.74) is 8.33. The van der Waals surface area contributed by atoms with Crippen LogP contribution in [0.25, 0.3) is 28.0 Å². The average Bonchev–Trinajstić information content (AvgIpc) is 3.34. The summed E-state index contributed by atoms with van der Waals surface area (Å²) in [6, 6.07) is 32.4. The number of hydrogen-bond acceptors (Lipinski definition) is 5. The Kier molecular flexibility index (Phi) is 6.43. The fourth-order valence-corrected chi connectivity index (χ4v) is 7.66. The van der Waals surface area contributed by atoms with Crippen LogP contribution in [-0.2, 0) is 15.8 Å². The summed E-state index contributed by atoms with van der Waals surface area (Å²) in [5.74, 6) is 2.38. The lowest BCUT2D eigenvalue weighted by atomic mass is 9.76. The standard InChI is InChI=1S/C40H37NO4/c1-39(2)33-25-35(43-4)34(42-3)24-32(33)36-29-12-8-9-13-30(29)38-31(37(36)39)18-19-40(45-38,26-10-6-5-7-11-26)27-14-16-28(17-15-27)41-20-22-44-23-21-41/h5-19,24-25H,20-23H2,1-4H3. The van der Waals surface area contributed by atoms with E-state index >= 15 is 0 Å². The number of fused-ring (bicyclic) bond motifs is 8. The highest BCUT2D eigenvalue weighted by atomic mass is 16.5. The second kappa shape index (κ2) is 10.4. The van der Waals surface area contributed by atoms with Crippen molar-refractivity contribution in [2.45, 2.75) is 24.9 Å². The second-order valence-electron chi connectivity index (χ2n) is 12.6. The number of rotatable bonds is 5. The van der Waals surface area contributed by atoms with Crippen LogP contribution in [0, 0.1) is 0 Å². The van der Waals surface area contributed by atoms with Gasteiger partial charge in [-0.3, -0.25) is 0 Å². The SMILES string of the molecule is COc1cc2c(cc1OC)C(C)(C)c1c3c(c4ccccc4c1-2)OC(c1ccccc1)(c1ccc(N2CCOCC2)cc1)C=C3. The number of benzene rings is 5. The van der Waals surface area contributed by atoms with Gasteiger partial charge in [0.25, 0.3) is 0 Å². The summed E-state index contributed by atoms with van der Waals surface area (Å²) >= 11 is 0. The molecule has 45 heavy (non-hydrogen) atoms. The maximum absolute atomic E-state index is 7.43. The molecule has 5 heteroatoms. The summed E-state index contributed by atoms with van der Waals surface area (Å²) in [4.78, 5) is 2.38. The molecule has 0 spiro atoms. The largest absolute Gasteiger partial charge is 0.493 e. The highest BCUT2D eigenvalue weighted by molar-refractivity contribution is 6.08. The molecule has 1 saturated heterocycles. The normalized spacial score (nSPS) is 19.4. The molecule has 1 fully saturated rings. The van der Waals surface area contributed by atoms with Crippen molar-refractivity contribution < 1.29 is 18.9 Å². The zero-order chi connectivity index (χ0) is 30.8. The molecule has 1 atom stereocenters. The first-order valence-corrected chi connectivity index (χ1v) is 15.7. The molecule has 3 aliphatic rings. The highest BCUT2D eigenvalue weighted by Gasteiger charge is 2.44. The predicted molar refractivity (Wildman–Crippen MR) is 181 cm³/mol. The third-order valence-corrected chi connectivity index (χ3v) is 9.92. The first kappa shape index (κ1) is 27.8. The molecule has 5 aromatic rings. The third-order valence-electron chi connectivity index (χ3n) is 9.92. The van der Waals surface area contributed by atoms with Gasteiger partial charge in [0.2, 0.25) is 0 Å². The lowest BCUT2D eigenvalue weighted by Gasteiger charge is -2.38. The van der Waals surface area contributed by atoms with E-state index in [9.17, 15) is 0 Å². The molecule has 1 aliphatic carbocycles. The number of anilines is 1. The lowest BCUT2D eigenvalue weighted by Crippen LogP contribution is -2.37. The minimum Gasteiger partial charge on any atom is -0.493 e. The van der Waals surface area contributed by atoms with Crippen LogP contribution in [0.4, 0.5) is 5.69 Å². The molecule has 0 N–H and O–H groups in total. The number of methoxy groups -OCH3 is 2. The van der Waals surface area contributed by atoms with Crippen LogP contribution in [-0.4, -0.2) is 40.5 Å². The van der Waals surface area contributed by atoms with Gasteiger partial charge in [-0.05, 0) is 58.0 Å². The van der Waals surface area contributed by atoms with Crippen molar-refractivity contribution in [1.29, 1.82) is 0 Å². The van der Waals surface area contributed by atoms with Crippen molar-refractivity contribution in [2.75, 3.05) is 45.4 Å².